The lowest BCUT2D eigenvalue weighted by molar-refractivity contribution is 0.587. The van der Waals surface area contributed by atoms with Gasteiger partial charge in [-0.2, -0.15) is 0 Å². The molecule has 0 fully saturated rings. The molecule has 108 valence electrons. The van der Waals surface area contributed by atoms with Gasteiger partial charge in [-0.25, -0.2) is 18.2 Å². The molecule has 0 aliphatic rings. The largest absolute Gasteiger partial charge is 0.369 e. The molecule has 1 heterocycles. The molecular formula is C14H9ClF3N3. The Morgan fingerprint density at radius 1 is 1.05 bits per heavy atom. The number of nitrogens with zero attached hydrogens (tertiary/aromatic N) is 2. The second kappa shape index (κ2) is 4.66. The number of benzene rings is 2. The van der Waals surface area contributed by atoms with E-state index < -0.39 is 17.5 Å². The Labute approximate surface area is 122 Å². The molecule has 0 atom stereocenters. The highest BCUT2D eigenvalue weighted by molar-refractivity contribution is 6.31. The summed E-state index contributed by atoms with van der Waals surface area (Å²) in [4.78, 5) is 3.94. The van der Waals surface area contributed by atoms with Gasteiger partial charge in [-0.3, -0.25) is 4.57 Å². The number of nitrogen functional groups attached to an aromatic ring is 1. The van der Waals surface area contributed by atoms with E-state index in [9.17, 15) is 13.2 Å². The molecule has 21 heavy (non-hydrogen) atoms. The summed E-state index contributed by atoms with van der Waals surface area (Å²) in [5, 5.41) is -0.156. The molecule has 0 saturated carbocycles. The third-order valence-electron chi connectivity index (χ3n) is 3.19. The SMILES string of the molecule is Cc1cc(F)c(-n2c(N)nc3cc(F)c(Cl)cc32)cc1F. The third-order valence-corrected chi connectivity index (χ3v) is 3.48. The highest BCUT2D eigenvalue weighted by Gasteiger charge is 2.17. The number of aryl methyl sites for hydroxylation is 1. The number of imidazole rings is 1. The lowest BCUT2D eigenvalue weighted by atomic mass is 10.2. The molecule has 0 amide bonds. The average Bonchev–Trinajstić information content (AvgIpc) is 2.70. The van der Waals surface area contributed by atoms with Crippen LogP contribution in [-0.4, -0.2) is 9.55 Å². The normalized spacial score (nSPS) is 11.3. The van der Waals surface area contributed by atoms with Gasteiger partial charge in [-0.1, -0.05) is 11.6 Å². The second-order valence-corrected chi connectivity index (χ2v) is 5.02. The summed E-state index contributed by atoms with van der Waals surface area (Å²) in [6, 6.07) is 4.43. The summed E-state index contributed by atoms with van der Waals surface area (Å²) in [5.74, 6) is -2.00. The van der Waals surface area contributed by atoms with Crippen LogP contribution < -0.4 is 5.73 Å². The van der Waals surface area contributed by atoms with Crippen LogP contribution >= 0.6 is 11.6 Å². The molecule has 0 bridgehead atoms. The number of anilines is 1. The van der Waals surface area contributed by atoms with Crippen molar-refractivity contribution in [1.82, 2.24) is 9.55 Å². The monoisotopic (exact) mass is 311 g/mol. The fourth-order valence-electron chi connectivity index (χ4n) is 2.15. The first kappa shape index (κ1) is 13.8. The van der Waals surface area contributed by atoms with E-state index in [1.165, 1.54) is 17.6 Å². The van der Waals surface area contributed by atoms with Crippen molar-refractivity contribution in [2.45, 2.75) is 6.92 Å². The van der Waals surface area contributed by atoms with E-state index in [-0.39, 0.29) is 27.7 Å². The summed E-state index contributed by atoms with van der Waals surface area (Å²) >= 11 is 5.73. The molecule has 3 rings (SSSR count). The molecule has 3 aromatic rings. The molecule has 0 saturated heterocycles. The minimum absolute atomic E-state index is 0.0891. The van der Waals surface area contributed by atoms with Gasteiger partial charge in [0.25, 0.3) is 0 Å². The minimum atomic E-state index is -0.666. The molecule has 0 aliphatic carbocycles. The van der Waals surface area contributed by atoms with E-state index in [1.54, 1.807) is 0 Å². The maximum Gasteiger partial charge on any atom is 0.206 e. The highest BCUT2D eigenvalue weighted by Crippen LogP contribution is 2.29. The Hall–Kier alpha value is -2.21. The fourth-order valence-corrected chi connectivity index (χ4v) is 2.31. The van der Waals surface area contributed by atoms with Crippen molar-refractivity contribution in [2.75, 3.05) is 5.73 Å². The van der Waals surface area contributed by atoms with Crippen LogP contribution in [0.15, 0.2) is 24.3 Å². The number of nitrogens with two attached hydrogens (primary N) is 1. The van der Waals surface area contributed by atoms with Crippen LogP contribution in [-0.2, 0) is 0 Å². The Morgan fingerprint density at radius 3 is 2.48 bits per heavy atom. The lowest BCUT2D eigenvalue weighted by Gasteiger charge is -2.09. The lowest BCUT2D eigenvalue weighted by Crippen LogP contribution is -2.04. The predicted octanol–water partition coefficient (Wildman–Crippen LogP) is 3.99. The predicted molar refractivity (Wildman–Crippen MR) is 75.1 cm³/mol. The number of hydrogen-bond donors (Lipinski definition) is 1. The fraction of sp³-hybridized carbons (Fsp3) is 0.0714. The maximum atomic E-state index is 14.1. The first-order valence-electron chi connectivity index (χ1n) is 5.97. The zero-order valence-corrected chi connectivity index (χ0v) is 11.5. The van der Waals surface area contributed by atoms with Gasteiger partial charge in [0.05, 0.1) is 21.7 Å². The van der Waals surface area contributed by atoms with Crippen LogP contribution in [0, 0.1) is 24.4 Å². The second-order valence-electron chi connectivity index (χ2n) is 4.61. The Bertz CT molecular complexity index is 874. The van der Waals surface area contributed by atoms with Gasteiger partial charge in [-0.05, 0) is 24.6 Å². The summed E-state index contributed by atoms with van der Waals surface area (Å²) < 4.78 is 42.4. The maximum absolute atomic E-state index is 14.1. The van der Waals surface area contributed by atoms with Gasteiger partial charge in [0.15, 0.2) is 0 Å². The molecule has 0 radical (unpaired) electrons. The molecule has 0 unspecified atom stereocenters. The molecule has 0 spiro atoms. The quantitative estimate of drug-likeness (QED) is 0.738. The first-order chi connectivity index (χ1) is 9.88. The highest BCUT2D eigenvalue weighted by atomic mass is 35.5. The van der Waals surface area contributed by atoms with Gasteiger partial charge in [0.1, 0.15) is 17.5 Å². The van der Waals surface area contributed by atoms with Crippen molar-refractivity contribution < 1.29 is 13.2 Å². The molecule has 2 aromatic carbocycles. The summed E-state index contributed by atoms with van der Waals surface area (Å²) in [7, 11) is 0. The summed E-state index contributed by atoms with van der Waals surface area (Å²) in [6.45, 7) is 1.45. The van der Waals surface area contributed by atoms with Crippen molar-refractivity contribution in [3.63, 3.8) is 0 Å². The van der Waals surface area contributed by atoms with Gasteiger partial charge in [-0.15, -0.1) is 0 Å². The molecular weight excluding hydrogens is 303 g/mol. The average molecular weight is 312 g/mol. The minimum Gasteiger partial charge on any atom is -0.369 e. The number of hydrogen-bond acceptors (Lipinski definition) is 2. The van der Waals surface area contributed by atoms with Gasteiger partial charge in [0.2, 0.25) is 5.95 Å². The van der Waals surface area contributed by atoms with Crippen molar-refractivity contribution in [2.24, 2.45) is 0 Å². The molecule has 3 nitrogen and oxygen atoms in total. The van der Waals surface area contributed by atoms with E-state index in [2.05, 4.69) is 4.98 Å². The van der Waals surface area contributed by atoms with Gasteiger partial charge >= 0.3 is 0 Å². The number of aromatic nitrogens is 2. The zero-order chi connectivity index (χ0) is 15.3. The smallest absolute Gasteiger partial charge is 0.206 e. The van der Waals surface area contributed by atoms with Crippen LogP contribution in [0.3, 0.4) is 0 Å². The van der Waals surface area contributed by atoms with Crippen LogP contribution in [0.4, 0.5) is 19.1 Å². The molecule has 2 N–H and O–H groups in total. The van der Waals surface area contributed by atoms with Crippen molar-refractivity contribution in [3.05, 3.63) is 52.3 Å². The van der Waals surface area contributed by atoms with Crippen molar-refractivity contribution >= 4 is 28.6 Å². The Kier molecular flexibility index (Phi) is 3.06. The van der Waals surface area contributed by atoms with E-state index in [0.717, 1.165) is 18.2 Å². The van der Waals surface area contributed by atoms with Gasteiger partial charge in [0, 0.05) is 12.1 Å². The third kappa shape index (κ3) is 2.12. The van der Waals surface area contributed by atoms with Crippen LogP contribution in [0.2, 0.25) is 5.02 Å². The standard InChI is InChI=1S/C14H9ClF3N3/c1-6-2-10(18)12(5-8(6)16)21-13-3-7(15)9(17)4-11(13)20-14(21)19/h2-5H,1H3,(H2,19,20). The van der Waals surface area contributed by atoms with Crippen LogP contribution in [0.25, 0.3) is 16.7 Å². The summed E-state index contributed by atoms with van der Waals surface area (Å²) in [6.07, 6.45) is 0. The van der Waals surface area contributed by atoms with E-state index in [0.29, 0.717) is 5.52 Å². The zero-order valence-electron chi connectivity index (χ0n) is 10.8. The Morgan fingerprint density at radius 2 is 1.76 bits per heavy atom. The topological polar surface area (TPSA) is 43.8 Å². The number of rotatable bonds is 1. The van der Waals surface area contributed by atoms with E-state index in [1.807, 2.05) is 0 Å². The molecule has 7 heteroatoms. The number of halogens is 4. The molecule has 1 aromatic heterocycles. The van der Waals surface area contributed by atoms with Crippen molar-refractivity contribution in [1.29, 1.82) is 0 Å². The molecule has 0 aliphatic heterocycles. The summed E-state index contributed by atoms with van der Waals surface area (Å²) in [5.41, 5.74) is 6.30. The number of fused-ring (bicyclic) bond motifs is 1. The van der Waals surface area contributed by atoms with Crippen molar-refractivity contribution in [3.8, 4) is 5.69 Å². The van der Waals surface area contributed by atoms with Crippen LogP contribution in [0.5, 0.6) is 0 Å². The van der Waals surface area contributed by atoms with E-state index >= 15 is 0 Å². The van der Waals surface area contributed by atoms with E-state index in [4.69, 9.17) is 17.3 Å². The van der Waals surface area contributed by atoms with Gasteiger partial charge < -0.3 is 5.73 Å². The Balaban J connectivity index is 2.37. The van der Waals surface area contributed by atoms with Crippen LogP contribution in [0.1, 0.15) is 5.56 Å². The first-order valence-corrected chi connectivity index (χ1v) is 6.35.